The molecule has 0 atom stereocenters. The van der Waals surface area contributed by atoms with E-state index >= 15 is 0 Å². The molecule has 0 amide bonds. The Bertz CT molecular complexity index is 1670. The normalized spacial score (nSPS) is 12.9. The SMILES string of the molecule is c1ccc(C2(c3ccccc3)c3ccccc3-c3ccc(Nc4ccc(-c5cccnc5)cc4)cc32)cc1. The molecule has 1 heterocycles. The maximum absolute atomic E-state index is 4.25. The van der Waals surface area contributed by atoms with Gasteiger partial charge in [0.05, 0.1) is 5.41 Å². The maximum Gasteiger partial charge on any atom is 0.0714 e. The quantitative estimate of drug-likeness (QED) is 0.263. The van der Waals surface area contributed by atoms with Gasteiger partial charge in [-0.2, -0.15) is 0 Å². The zero-order chi connectivity index (χ0) is 25.4. The van der Waals surface area contributed by atoms with E-state index in [1.54, 1.807) is 6.20 Å². The molecule has 1 aliphatic carbocycles. The van der Waals surface area contributed by atoms with Gasteiger partial charge in [0.25, 0.3) is 0 Å². The second kappa shape index (κ2) is 9.17. The molecular weight excluding hydrogens is 460 g/mol. The number of aromatic nitrogens is 1. The van der Waals surface area contributed by atoms with Crippen molar-refractivity contribution in [2.24, 2.45) is 0 Å². The van der Waals surface area contributed by atoms with E-state index in [1.165, 1.54) is 33.4 Å². The molecule has 0 unspecified atom stereocenters. The first-order valence-corrected chi connectivity index (χ1v) is 13.0. The minimum atomic E-state index is -0.393. The molecule has 0 bridgehead atoms. The second-order valence-corrected chi connectivity index (χ2v) is 9.73. The summed E-state index contributed by atoms with van der Waals surface area (Å²) in [4.78, 5) is 4.25. The molecule has 2 nitrogen and oxygen atoms in total. The van der Waals surface area contributed by atoms with Gasteiger partial charge in [0.2, 0.25) is 0 Å². The number of nitrogens with one attached hydrogen (secondary N) is 1. The minimum Gasteiger partial charge on any atom is -0.356 e. The average Bonchev–Trinajstić information content (AvgIpc) is 3.29. The van der Waals surface area contributed by atoms with Crippen LogP contribution in [0.5, 0.6) is 0 Å². The number of fused-ring (bicyclic) bond motifs is 3. The van der Waals surface area contributed by atoms with Gasteiger partial charge >= 0.3 is 0 Å². The van der Waals surface area contributed by atoms with E-state index in [2.05, 4.69) is 144 Å². The summed E-state index contributed by atoms with van der Waals surface area (Å²) in [6, 6.07) is 50.1. The average molecular weight is 487 g/mol. The third kappa shape index (κ3) is 3.54. The van der Waals surface area contributed by atoms with Crippen LogP contribution in [-0.4, -0.2) is 4.98 Å². The third-order valence-electron chi connectivity index (χ3n) is 7.63. The first-order chi connectivity index (χ1) is 18.8. The highest BCUT2D eigenvalue weighted by Crippen LogP contribution is 2.56. The molecule has 0 spiro atoms. The van der Waals surface area contributed by atoms with Crippen LogP contribution < -0.4 is 5.32 Å². The van der Waals surface area contributed by atoms with Gasteiger partial charge in [0.1, 0.15) is 0 Å². The number of pyridine rings is 1. The Labute approximate surface area is 223 Å². The van der Waals surface area contributed by atoms with Crippen LogP contribution in [0.25, 0.3) is 22.3 Å². The largest absolute Gasteiger partial charge is 0.356 e. The van der Waals surface area contributed by atoms with Crippen LogP contribution in [0.3, 0.4) is 0 Å². The standard InChI is InChI=1S/C36H26N2/c1-3-11-28(12-4-1)36(29-13-5-2-6-14-29)34-16-8-7-15-32(34)33-22-21-31(24-35(33)36)38-30-19-17-26(18-20-30)27-10-9-23-37-25-27/h1-25,38H. The molecule has 0 saturated carbocycles. The number of hydrogen-bond donors (Lipinski definition) is 1. The van der Waals surface area contributed by atoms with Crippen molar-refractivity contribution in [1.82, 2.24) is 4.98 Å². The van der Waals surface area contributed by atoms with Crippen molar-refractivity contribution < 1.29 is 0 Å². The van der Waals surface area contributed by atoms with Crippen molar-refractivity contribution in [3.05, 3.63) is 174 Å². The smallest absolute Gasteiger partial charge is 0.0714 e. The highest BCUT2D eigenvalue weighted by Gasteiger charge is 2.45. The number of anilines is 2. The summed E-state index contributed by atoms with van der Waals surface area (Å²) in [5.74, 6) is 0. The molecule has 0 saturated heterocycles. The minimum absolute atomic E-state index is 0.393. The van der Waals surface area contributed by atoms with Crippen LogP contribution >= 0.6 is 0 Å². The van der Waals surface area contributed by atoms with Crippen LogP contribution in [-0.2, 0) is 5.41 Å². The second-order valence-electron chi connectivity index (χ2n) is 9.73. The van der Waals surface area contributed by atoms with E-state index in [9.17, 15) is 0 Å². The third-order valence-corrected chi connectivity index (χ3v) is 7.63. The lowest BCUT2D eigenvalue weighted by molar-refractivity contribution is 0.769. The van der Waals surface area contributed by atoms with E-state index in [-0.39, 0.29) is 0 Å². The fourth-order valence-corrected chi connectivity index (χ4v) is 5.97. The first-order valence-electron chi connectivity index (χ1n) is 13.0. The molecule has 1 aliphatic rings. The molecule has 6 aromatic rings. The summed E-state index contributed by atoms with van der Waals surface area (Å²) in [6.45, 7) is 0. The molecule has 1 aromatic heterocycles. The molecule has 0 fully saturated rings. The summed E-state index contributed by atoms with van der Waals surface area (Å²) in [7, 11) is 0. The van der Waals surface area contributed by atoms with Crippen molar-refractivity contribution in [2.45, 2.75) is 5.41 Å². The van der Waals surface area contributed by atoms with Crippen molar-refractivity contribution in [3.8, 4) is 22.3 Å². The lowest BCUT2D eigenvalue weighted by atomic mass is 9.67. The molecular formula is C36H26N2. The molecule has 0 aliphatic heterocycles. The van der Waals surface area contributed by atoms with Crippen LogP contribution in [0, 0.1) is 0 Å². The molecule has 7 rings (SSSR count). The highest BCUT2D eigenvalue weighted by molar-refractivity contribution is 5.88. The van der Waals surface area contributed by atoms with E-state index in [4.69, 9.17) is 0 Å². The summed E-state index contributed by atoms with van der Waals surface area (Å²) in [5.41, 5.74) is 11.7. The number of hydrogen-bond acceptors (Lipinski definition) is 2. The van der Waals surface area contributed by atoms with Crippen molar-refractivity contribution in [2.75, 3.05) is 5.32 Å². The molecule has 1 N–H and O–H groups in total. The van der Waals surface area contributed by atoms with E-state index < -0.39 is 5.41 Å². The zero-order valence-electron chi connectivity index (χ0n) is 20.9. The van der Waals surface area contributed by atoms with E-state index in [1.807, 2.05) is 12.3 Å². The molecule has 2 heteroatoms. The van der Waals surface area contributed by atoms with Gasteiger partial charge in [0.15, 0.2) is 0 Å². The van der Waals surface area contributed by atoms with Gasteiger partial charge < -0.3 is 5.32 Å². The number of rotatable bonds is 5. The van der Waals surface area contributed by atoms with Crippen LogP contribution in [0.1, 0.15) is 22.3 Å². The van der Waals surface area contributed by atoms with E-state index in [0.717, 1.165) is 22.5 Å². The van der Waals surface area contributed by atoms with Gasteiger partial charge in [-0.25, -0.2) is 0 Å². The molecule has 180 valence electrons. The lowest BCUT2D eigenvalue weighted by Gasteiger charge is -2.34. The Morgan fingerprint density at radius 3 is 1.79 bits per heavy atom. The first kappa shape index (κ1) is 22.3. The zero-order valence-corrected chi connectivity index (χ0v) is 20.9. The summed E-state index contributed by atoms with van der Waals surface area (Å²) < 4.78 is 0. The molecule has 38 heavy (non-hydrogen) atoms. The Kier molecular flexibility index (Phi) is 5.37. The van der Waals surface area contributed by atoms with Crippen molar-refractivity contribution in [3.63, 3.8) is 0 Å². The monoisotopic (exact) mass is 486 g/mol. The maximum atomic E-state index is 4.25. The van der Waals surface area contributed by atoms with Gasteiger partial charge in [-0.1, -0.05) is 109 Å². The van der Waals surface area contributed by atoms with Gasteiger partial charge in [-0.3, -0.25) is 4.98 Å². The number of benzene rings is 5. The fourth-order valence-electron chi connectivity index (χ4n) is 5.97. The lowest BCUT2D eigenvalue weighted by Crippen LogP contribution is -2.28. The fraction of sp³-hybridized carbons (Fsp3) is 0.0278. The van der Waals surface area contributed by atoms with Gasteiger partial charge in [0, 0.05) is 23.8 Å². The Balaban J connectivity index is 1.37. The van der Waals surface area contributed by atoms with Crippen molar-refractivity contribution >= 4 is 11.4 Å². The molecule has 0 radical (unpaired) electrons. The summed E-state index contributed by atoms with van der Waals surface area (Å²) in [5, 5.41) is 3.66. The van der Waals surface area contributed by atoms with Gasteiger partial charge in [-0.05, 0) is 74.8 Å². The van der Waals surface area contributed by atoms with Crippen molar-refractivity contribution in [1.29, 1.82) is 0 Å². The Hall–Kier alpha value is -4.95. The highest BCUT2D eigenvalue weighted by atomic mass is 14.9. The van der Waals surface area contributed by atoms with E-state index in [0.29, 0.717) is 0 Å². The Morgan fingerprint density at radius 1 is 0.474 bits per heavy atom. The topological polar surface area (TPSA) is 24.9 Å². The molecule has 5 aromatic carbocycles. The summed E-state index contributed by atoms with van der Waals surface area (Å²) >= 11 is 0. The van der Waals surface area contributed by atoms with Crippen LogP contribution in [0.4, 0.5) is 11.4 Å². The summed E-state index contributed by atoms with van der Waals surface area (Å²) in [6.07, 6.45) is 3.70. The predicted octanol–water partition coefficient (Wildman–Crippen LogP) is 8.86. The van der Waals surface area contributed by atoms with Crippen LogP contribution in [0.2, 0.25) is 0 Å². The predicted molar refractivity (Wildman–Crippen MR) is 157 cm³/mol. The Morgan fingerprint density at radius 2 is 1.11 bits per heavy atom. The number of nitrogens with zero attached hydrogens (tertiary/aromatic N) is 1. The van der Waals surface area contributed by atoms with Gasteiger partial charge in [-0.15, -0.1) is 0 Å². The van der Waals surface area contributed by atoms with Crippen LogP contribution in [0.15, 0.2) is 152 Å².